The van der Waals surface area contributed by atoms with Crippen molar-refractivity contribution in [1.29, 1.82) is 0 Å². The van der Waals surface area contributed by atoms with Crippen LogP contribution in [0, 0.1) is 0 Å². The topological polar surface area (TPSA) is 25.1 Å². The zero-order chi connectivity index (χ0) is 38.6. The number of aromatic nitrogens is 2. The summed E-state index contributed by atoms with van der Waals surface area (Å²) in [5.41, 5.74) is 16.3. The SMILES string of the molecule is C=C1/C=C\C=C/N(c2ccccc2)c2cc(-c3ccccc3Nc3cccc(-n4c5ccccc5c5c6c(ccc54)c4c(n6C5C=CC=CC5)CCC=C4)c3)ccc21. The second kappa shape index (κ2) is 14.0. The maximum Gasteiger partial charge on any atom is 0.0596 e. The van der Waals surface area contributed by atoms with E-state index in [1.54, 1.807) is 0 Å². The maximum absolute atomic E-state index is 4.41. The van der Waals surface area contributed by atoms with Gasteiger partial charge in [0.15, 0.2) is 0 Å². The predicted octanol–water partition coefficient (Wildman–Crippen LogP) is 14.4. The highest BCUT2D eigenvalue weighted by Crippen LogP contribution is 2.44. The fourth-order valence-corrected chi connectivity index (χ4v) is 9.38. The molecule has 1 unspecified atom stereocenters. The molecule has 11 rings (SSSR count). The average Bonchev–Trinajstić information content (AvgIpc) is 3.79. The Labute approximate surface area is 339 Å². The molecular weight excluding hydrogens is 705 g/mol. The third-order valence-corrected chi connectivity index (χ3v) is 12.0. The van der Waals surface area contributed by atoms with Crippen molar-refractivity contribution in [3.63, 3.8) is 0 Å². The lowest BCUT2D eigenvalue weighted by Crippen LogP contribution is -2.12. The van der Waals surface area contributed by atoms with Gasteiger partial charge < -0.3 is 19.4 Å². The average molecular weight is 747 g/mol. The van der Waals surface area contributed by atoms with E-state index in [0.29, 0.717) is 6.04 Å². The largest absolute Gasteiger partial charge is 0.355 e. The summed E-state index contributed by atoms with van der Waals surface area (Å²) in [4.78, 5) is 2.25. The Kier molecular flexibility index (Phi) is 8.21. The van der Waals surface area contributed by atoms with Crippen LogP contribution in [0.3, 0.4) is 0 Å². The van der Waals surface area contributed by atoms with E-state index in [1.165, 1.54) is 44.0 Å². The molecule has 58 heavy (non-hydrogen) atoms. The van der Waals surface area contributed by atoms with Crippen LogP contribution in [0.5, 0.6) is 0 Å². The first kappa shape index (κ1) is 34.0. The van der Waals surface area contributed by atoms with Crippen LogP contribution in [0.2, 0.25) is 0 Å². The number of rotatable bonds is 6. The first-order valence-electron chi connectivity index (χ1n) is 20.3. The highest BCUT2D eigenvalue weighted by Gasteiger charge is 2.26. The molecule has 0 radical (unpaired) electrons. The van der Waals surface area contributed by atoms with E-state index in [2.05, 4.69) is 220 Å². The minimum Gasteiger partial charge on any atom is -0.355 e. The molecule has 0 amide bonds. The molecule has 0 spiro atoms. The van der Waals surface area contributed by atoms with Crippen molar-refractivity contribution in [2.24, 2.45) is 0 Å². The zero-order valence-electron chi connectivity index (χ0n) is 32.2. The van der Waals surface area contributed by atoms with Crippen molar-refractivity contribution in [2.45, 2.75) is 25.3 Å². The van der Waals surface area contributed by atoms with E-state index in [-0.39, 0.29) is 0 Å². The number of fused-ring (bicyclic) bond motifs is 8. The minimum absolute atomic E-state index is 0.292. The van der Waals surface area contributed by atoms with Crippen molar-refractivity contribution in [3.8, 4) is 16.8 Å². The molecular formula is C54H42N4. The molecule has 1 atom stereocenters. The normalized spacial score (nSPS) is 17.0. The van der Waals surface area contributed by atoms with Gasteiger partial charge in [-0.25, -0.2) is 0 Å². The van der Waals surface area contributed by atoms with Crippen molar-refractivity contribution in [2.75, 3.05) is 10.2 Å². The Bertz CT molecular complexity index is 3090. The highest BCUT2D eigenvalue weighted by molar-refractivity contribution is 6.22. The number of hydrogen-bond acceptors (Lipinski definition) is 2. The Morgan fingerprint density at radius 1 is 0.638 bits per heavy atom. The number of benzene rings is 6. The quantitative estimate of drug-likeness (QED) is 0.183. The summed E-state index contributed by atoms with van der Waals surface area (Å²) in [5, 5.41) is 7.78. The first-order valence-corrected chi connectivity index (χ1v) is 20.3. The van der Waals surface area contributed by atoms with Gasteiger partial charge in [-0.1, -0.05) is 134 Å². The summed E-state index contributed by atoms with van der Waals surface area (Å²) < 4.78 is 5.11. The van der Waals surface area contributed by atoms with Gasteiger partial charge >= 0.3 is 0 Å². The van der Waals surface area contributed by atoms with E-state index in [4.69, 9.17) is 0 Å². The van der Waals surface area contributed by atoms with Gasteiger partial charge in [-0.05, 0) is 91.1 Å². The summed E-state index contributed by atoms with van der Waals surface area (Å²) in [5.74, 6) is 0. The molecule has 2 aromatic heterocycles. The number of para-hydroxylation sites is 3. The predicted molar refractivity (Wildman–Crippen MR) is 247 cm³/mol. The van der Waals surface area contributed by atoms with Crippen LogP contribution in [0.4, 0.5) is 22.7 Å². The van der Waals surface area contributed by atoms with Gasteiger partial charge in [0.2, 0.25) is 0 Å². The minimum atomic E-state index is 0.292. The molecule has 0 saturated carbocycles. The van der Waals surface area contributed by atoms with Crippen LogP contribution in [-0.2, 0) is 6.42 Å². The zero-order valence-corrected chi connectivity index (χ0v) is 32.2. The lowest BCUT2D eigenvalue weighted by molar-refractivity contribution is 0.600. The van der Waals surface area contributed by atoms with Crippen LogP contribution >= 0.6 is 0 Å². The van der Waals surface area contributed by atoms with Gasteiger partial charge in [0.05, 0.1) is 28.3 Å². The molecule has 3 heterocycles. The molecule has 1 aliphatic heterocycles. The Balaban J connectivity index is 1.02. The molecule has 4 nitrogen and oxygen atoms in total. The van der Waals surface area contributed by atoms with Crippen LogP contribution in [0.15, 0.2) is 195 Å². The maximum atomic E-state index is 4.41. The molecule has 4 heteroatoms. The number of allylic oxidation sites excluding steroid dienone is 9. The summed E-state index contributed by atoms with van der Waals surface area (Å²) in [7, 11) is 0. The second-order valence-corrected chi connectivity index (χ2v) is 15.4. The lowest BCUT2D eigenvalue weighted by Gasteiger charge is -2.26. The smallest absolute Gasteiger partial charge is 0.0596 e. The van der Waals surface area contributed by atoms with Crippen molar-refractivity contribution in [1.82, 2.24) is 9.13 Å². The van der Waals surface area contributed by atoms with E-state index >= 15 is 0 Å². The molecule has 0 saturated heterocycles. The van der Waals surface area contributed by atoms with Gasteiger partial charge in [0.25, 0.3) is 0 Å². The highest BCUT2D eigenvalue weighted by atomic mass is 15.1. The Morgan fingerprint density at radius 3 is 2.41 bits per heavy atom. The van der Waals surface area contributed by atoms with E-state index in [9.17, 15) is 0 Å². The van der Waals surface area contributed by atoms with Crippen molar-refractivity contribution < 1.29 is 0 Å². The molecule has 3 aliphatic rings. The number of hydrogen-bond donors (Lipinski definition) is 1. The fourth-order valence-electron chi connectivity index (χ4n) is 9.38. The summed E-state index contributed by atoms with van der Waals surface area (Å²) >= 11 is 0. The van der Waals surface area contributed by atoms with Gasteiger partial charge in [-0.15, -0.1) is 0 Å². The lowest BCUT2D eigenvalue weighted by atomic mass is 9.96. The molecule has 0 fully saturated rings. The molecule has 6 aromatic carbocycles. The van der Waals surface area contributed by atoms with Crippen LogP contribution in [0.1, 0.15) is 35.7 Å². The fraction of sp³-hybridized carbons (Fsp3) is 0.0741. The number of anilines is 4. The van der Waals surface area contributed by atoms with E-state index in [0.717, 1.165) is 70.0 Å². The van der Waals surface area contributed by atoms with Gasteiger partial charge in [-0.2, -0.15) is 0 Å². The van der Waals surface area contributed by atoms with Gasteiger partial charge in [-0.3, -0.25) is 0 Å². The monoisotopic (exact) mass is 746 g/mol. The van der Waals surface area contributed by atoms with Crippen LogP contribution in [-0.4, -0.2) is 9.13 Å². The standard InChI is InChI=1S/C54H42N4/c1-37-17-14-15-34-56(40-19-4-2-5-20-40)52-35-38(30-31-43(37)52)44-24-8-11-27-48(44)55-39-18-16-23-42(36-39)57-50-29-13-10-26-47(50)53-51(57)33-32-46-45-25-9-12-28-49(45)58(54(46)53)41-21-6-3-7-22-41/h2-11,13-21,23-27,29-36,41,55H,1,12,22,28H2/b17-14-,34-15-. The molecule has 8 aromatic rings. The van der Waals surface area contributed by atoms with Crippen molar-refractivity contribution >= 4 is 67.1 Å². The van der Waals surface area contributed by atoms with Crippen LogP contribution < -0.4 is 10.2 Å². The third-order valence-electron chi connectivity index (χ3n) is 12.0. The Morgan fingerprint density at radius 2 is 1.50 bits per heavy atom. The first-order chi connectivity index (χ1) is 28.7. The van der Waals surface area contributed by atoms with E-state index < -0.39 is 0 Å². The number of nitrogens with zero attached hydrogens (tertiary/aromatic N) is 3. The van der Waals surface area contributed by atoms with Gasteiger partial charge in [0, 0.05) is 67.5 Å². The summed E-state index contributed by atoms with van der Waals surface area (Å²) in [6.45, 7) is 4.41. The van der Waals surface area contributed by atoms with E-state index in [1.807, 2.05) is 0 Å². The summed E-state index contributed by atoms with van der Waals surface area (Å²) in [6, 6.07) is 48.6. The molecule has 2 aliphatic carbocycles. The Hall–Kier alpha value is -7.30. The third kappa shape index (κ3) is 5.60. The number of nitrogens with one attached hydrogen (secondary N) is 1. The second-order valence-electron chi connectivity index (χ2n) is 15.4. The molecule has 1 N–H and O–H groups in total. The van der Waals surface area contributed by atoms with Gasteiger partial charge in [0.1, 0.15) is 0 Å². The molecule has 278 valence electrons. The summed E-state index contributed by atoms with van der Waals surface area (Å²) in [6.07, 6.45) is 25.2. The molecule has 0 bridgehead atoms. The van der Waals surface area contributed by atoms with Crippen LogP contribution in [0.25, 0.3) is 61.2 Å². The van der Waals surface area contributed by atoms with Crippen molar-refractivity contribution in [3.05, 3.63) is 212 Å².